The zero-order chi connectivity index (χ0) is 20.5. The third kappa shape index (κ3) is 6.71. The lowest BCUT2D eigenvalue weighted by Crippen LogP contribution is -2.09. The summed E-state index contributed by atoms with van der Waals surface area (Å²) in [6.45, 7) is 0.427. The van der Waals surface area contributed by atoms with Crippen LogP contribution in [0.15, 0.2) is 48.5 Å². The van der Waals surface area contributed by atoms with Gasteiger partial charge in [-0.3, -0.25) is 9.59 Å². The molecule has 0 aliphatic heterocycles. The maximum absolute atomic E-state index is 12.4. The first kappa shape index (κ1) is 20.9. The largest absolute Gasteiger partial charge is 0.490 e. The molecule has 0 unspecified atom stereocenters. The molecule has 148 valence electrons. The lowest BCUT2D eigenvalue weighted by Gasteiger charge is -2.11. The summed E-state index contributed by atoms with van der Waals surface area (Å²) in [4.78, 5) is 23.2. The number of halogens is 2. The highest BCUT2D eigenvalue weighted by Crippen LogP contribution is 2.30. The van der Waals surface area contributed by atoms with E-state index in [2.05, 4.69) is 15.4 Å². The van der Waals surface area contributed by atoms with Gasteiger partial charge in [0.05, 0.1) is 6.61 Å². The van der Waals surface area contributed by atoms with Crippen molar-refractivity contribution in [1.82, 2.24) is 0 Å². The summed E-state index contributed by atoms with van der Waals surface area (Å²) in [5.41, 5.74) is 1.65. The number of ether oxygens (including phenoxy) is 2. The number of alkyl halides is 2. The molecule has 8 heteroatoms. The van der Waals surface area contributed by atoms with Crippen molar-refractivity contribution in [3.63, 3.8) is 0 Å². The average Bonchev–Trinajstić information content (AvgIpc) is 2.61. The Bertz CT molecular complexity index is 869. The molecule has 2 amide bonds. The Balaban J connectivity index is 2.07. The van der Waals surface area contributed by atoms with Crippen LogP contribution in [0.4, 0.5) is 20.2 Å². The van der Waals surface area contributed by atoms with Crippen molar-refractivity contribution < 1.29 is 27.8 Å². The molecule has 2 N–H and O–H groups in total. The van der Waals surface area contributed by atoms with Crippen LogP contribution >= 0.6 is 0 Å². The molecular weight excluding hydrogens is 370 g/mol. The molecular formula is C20H20F2N2O4. The lowest BCUT2D eigenvalue weighted by atomic mass is 10.2. The normalized spacial score (nSPS) is 10.8. The Hall–Kier alpha value is -3.42. The lowest BCUT2D eigenvalue weighted by molar-refractivity contribution is -0.114. The van der Waals surface area contributed by atoms with Crippen LogP contribution in [0.1, 0.15) is 19.4 Å². The Morgan fingerprint density at radius 1 is 1.07 bits per heavy atom. The Morgan fingerprint density at radius 2 is 1.79 bits per heavy atom. The van der Waals surface area contributed by atoms with Gasteiger partial charge in [0.25, 0.3) is 0 Å². The molecule has 0 fully saturated rings. The minimum atomic E-state index is -2.96. The van der Waals surface area contributed by atoms with Gasteiger partial charge in [0.2, 0.25) is 11.8 Å². The predicted molar refractivity (Wildman–Crippen MR) is 103 cm³/mol. The van der Waals surface area contributed by atoms with Crippen molar-refractivity contribution in [2.45, 2.75) is 20.5 Å². The van der Waals surface area contributed by atoms with Gasteiger partial charge in [-0.25, -0.2) is 0 Å². The molecule has 0 bridgehead atoms. The SMILES string of the molecule is CCOc1cc(/C=C/C(=O)Nc2cccc(NC(C)=O)c2)ccc1OC(F)F. The quantitative estimate of drug-likeness (QED) is 0.659. The van der Waals surface area contributed by atoms with Crippen molar-refractivity contribution in [1.29, 1.82) is 0 Å². The summed E-state index contributed by atoms with van der Waals surface area (Å²) in [5, 5.41) is 5.30. The number of hydrogen-bond donors (Lipinski definition) is 2. The average molecular weight is 390 g/mol. The second kappa shape index (κ2) is 10.1. The van der Waals surface area contributed by atoms with Crippen molar-refractivity contribution in [3.05, 3.63) is 54.1 Å². The fourth-order valence-electron chi connectivity index (χ4n) is 2.32. The number of benzene rings is 2. The molecule has 0 saturated heterocycles. The highest BCUT2D eigenvalue weighted by Gasteiger charge is 2.11. The van der Waals surface area contributed by atoms with E-state index < -0.39 is 12.5 Å². The molecule has 0 atom stereocenters. The van der Waals surface area contributed by atoms with Gasteiger partial charge in [-0.15, -0.1) is 0 Å². The van der Waals surface area contributed by atoms with E-state index in [0.717, 1.165) is 0 Å². The smallest absolute Gasteiger partial charge is 0.387 e. The number of anilines is 2. The highest BCUT2D eigenvalue weighted by atomic mass is 19.3. The summed E-state index contributed by atoms with van der Waals surface area (Å²) < 4.78 is 34.6. The van der Waals surface area contributed by atoms with Crippen LogP contribution in [0.5, 0.6) is 11.5 Å². The van der Waals surface area contributed by atoms with E-state index in [-0.39, 0.29) is 24.0 Å². The molecule has 0 saturated carbocycles. The highest BCUT2D eigenvalue weighted by molar-refractivity contribution is 6.02. The third-order valence-electron chi connectivity index (χ3n) is 3.36. The fourth-order valence-corrected chi connectivity index (χ4v) is 2.32. The second-order valence-corrected chi connectivity index (χ2v) is 5.60. The maximum atomic E-state index is 12.4. The van der Waals surface area contributed by atoms with Gasteiger partial charge in [0, 0.05) is 24.4 Å². The first-order valence-electron chi connectivity index (χ1n) is 8.45. The summed E-state index contributed by atoms with van der Waals surface area (Å²) in [7, 11) is 0. The summed E-state index contributed by atoms with van der Waals surface area (Å²) in [6.07, 6.45) is 2.81. The number of rotatable bonds is 8. The summed E-state index contributed by atoms with van der Waals surface area (Å²) >= 11 is 0. The molecule has 0 radical (unpaired) electrons. The van der Waals surface area contributed by atoms with Crippen LogP contribution < -0.4 is 20.1 Å². The van der Waals surface area contributed by atoms with Crippen LogP contribution in [0.25, 0.3) is 6.08 Å². The summed E-state index contributed by atoms with van der Waals surface area (Å²) in [6, 6.07) is 11.1. The molecule has 6 nitrogen and oxygen atoms in total. The van der Waals surface area contributed by atoms with Gasteiger partial charge < -0.3 is 20.1 Å². The number of amides is 2. The minimum Gasteiger partial charge on any atom is -0.490 e. The van der Waals surface area contributed by atoms with Gasteiger partial charge in [0.1, 0.15) is 0 Å². The monoisotopic (exact) mass is 390 g/mol. The molecule has 2 aromatic rings. The van der Waals surface area contributed by atoms with E-state index in [0.29, 0.717) is 16.9 Å². The fraction of sp³-hybridized carbons (Fsp3) is 0.200. The van der Waals surface area contributed by atoms with Crippen LogP contribution in [-0.4, -0.2) is 25.0 Å². The van der Waals surface area contributed by atoms with E-state index >= 15 is 0 Å². The van der Waals surface area contributed by atoms with Crippen molar-refractivity contribution in [2.75, 3.05) is 17.2 Å². The Labute approximate surface area is 161 Å². The van der Waals surface area contributed by atoms with Gasteiger partial charge in [-0.1, -0.05) is 12.1 Å². The Kier molecular flexibility index (Phi) is 7.50. The van der Waals surface area contributed by atoms with Gasteiger partial charge in [-0.2, -0.15) is 8.78 Å². The topological polar surface area (TPSA) is 76.7 Å². The van der Waals surface area contributed by atoms with Crippen molar-refractivity contribution in [2.24, 2.45) is 0 Å². The number of hydrogen-bond acceptors (Lipinski definition) is 4. The first-order chi connectivity index (χ1) is 13.4. The minimum absolute atomic E-state index is 0.0757. The first-order valence-corrected chi connectivity index (χ1v) is 8.45. The Morgan fingerprint density at radius 3 is 2.43 bits per heavy atom. The van der Waals surface area contributed by atoms with Crippen LogP contribution in [-0.2, 0) is 9.59 Å². The van der Waals surface area contributed by atoms with Gasteiger partial charge in [0.15, 0.2) is 11.5 Å². The van der Waals surface area contributed by atoms with Crippen LogP contribution in [0.2, 0.25) is 0 Å². The molecule has 2 aromatic carbocycles. The summed E-state index contributed by atoms with van der Waals surface area (Å²) in [5.74, 6) is -0.528. The molecule has 0 aromatic heterocycles. The van der Waals surface area contributed by atoms with E-state index in [1.807, 2.05) is 0 Å². The molecule has 0 spiro atoms. The third-order valence-corrected chi connectivity index (χ3v) is 3.36. The number of nitrogens with one attached hydrogen (secondary N) is 2. The van der Waals surface area contributed by atoms with E-state index in [4.69, 9.17) is 4.74 Å². The standard InChI is InChI=1S/C20H20F2N2O4/c1-3-27-18-11-14(7-9-17(18)28-20(21)22)8-10-19(26)24-16-6-4-5-15(12-16)23-13(2)25/h4-12,20H,3H2,1-2H3,(H,23,25)(H,24,26)/b10-8+. The predicted octanol–water partition coefficient (Wildman–Crippen LogP) is 4.30. The van der Waals surface area contributed by atoms with Crippen molar-refractivity contribution in [3.8, 4) is 11.5 Å². The van der Waals surface area contributed by atoms with Gasteiger partial charge >= 0.3 is 6.61 Å². The zero-order valence-electron chi connectivity index (χ0n) is 15.4. The van der Waals surface area contributed by atoms with E-state index in [1.54, 1.807) is 31.2 Å². The molecule has 0 aliphatic rings. The number of carbonyl (C=O) groups is 2. The molecule has 0 heterocycles. The molecule has 28 heavy (non-hydrogen) atoms. The molecule has 0 aliphatic carbocycles. The zero-order valence-corrected chi connectivity index (χ0v) is 15.4. The van der Waals surface area contributed by atoms with Crippen LogP contribution in [0.3, 0.4) is 0 Å². The second-order valence-electron chi connectivity index (χ2n) is 5.60. The van der Waals surface area contributed by atoms with Gasteiger partial charge in [-0.05, 0) is 48.9 Å². The van der Waals surface area contributed by atoms with Crippen molar-refractivity contribution >= 4 is 29.3 Å². The molecule has 2 rings (SSSR count). The van der Waals surface area contributed by atoms with Crippen LogP contribution in [0, 0.1) is 0 Å². The van der Waals surface area contributed by atoms with E-state index in [1.165, 1.54) is 37.3 Å². The van der Waals surface area contributed by atoms with E-state index in [9.17, 15) is 18.4 Å². The number of carbonyl (C=O) groups excluding carboxylic acids is 2. The maximum Gasteiger partial charge on any atom is 0.387 e.